The summed E-state index contributed by atoms with van der Waals surface area (Å²) in [6.45, 7) is 1.99. The highest BCUT2D eigenvalue weighted by Gasteiger charge is 2.51. The van der Waals surface area contributed by atoms with Crippen molar-refractivity contribution < 1.29 is 39.9 Å². The summed E-state index contributed by atoms with van der Waals surface area (Å²) in [5.74, 6) is 0. The third kappa shape index (κ3) is 4.82. The normalized spacial score (nSPS) is 20.5. The third-order valence-electron chi connectivity index (χ3n) is 5.69. The summed E-state index contributed by atoms with van der Waals surface area (Å²) < 4.78 is 106. The van der Waals surface area contributed by atoms with E-state index in [4.69, 9.17) is 0 Å². The first-order chi connectivity index (χ1) is 15.1. The van der Waals surface area contributed by atoms with E-state index in [1.165, 1.54) is 23.1 Å². The van der Waals surface area contributed by atoms with Crippen LogP contribution in [0.2, 0.25) is 0 Å². The summed E-state index contributed by atoms with van der Waals surface area (Å²) in [4.78, 5) is 1.18. The van der Waals surface area contributed by atoms with Gasteiger partial charge in [0, 0.05) is 31.4 Å². The fourth-order valence-corrected chi connectivity index (χ4v) is 5.37. The molecule has 2 aromatic rings. The Morgan fingerprint density at radius 2 is 1.52 bits per heavy atom. The van der Waals surface area contributed by atoms with Gasteiger partial charge in [0.1, 0.15) is 0 Å². The predicted octanol–water partition coefficient (Wildman–Crippen LogP) is 4.37. The number of para-hydroxylation sites is 1. The van der Waals surface area contributed by atoms with Crippen molar-refractivity contribution in [2.24, 2.45) is 0 Å². The molecule has 0 spiro atoms. The highest BCUT2D eigenvalue weighted by atomic mass is 32.2. The lowest BCUT2D eigenvalue weighted by atomic mass is 9.96. The standard InChI is InChI=1S/C21H22F6N2O3S/c1-14-13-28(18-6-4-3-5-17(18)20(22,23)24)11-12-29(14)33(31,32)16-9-7-15(8-10-16)19(2,30)21(25,26)27/h3-10,14,30H,11-13H2,1-2H3/t14-,19+/m1/s1. The fraction of sp³-hybridized carbons (Fsp3) is 0.429. The molecular weight excluding hydrogens is 474 g/mol. The van der Waals surface area contributed by atoms with E-state index < -0.39 is 45.1 Å². The summed E-state index contributed by atoms with van der Waals surface area (Å²) in [5.41, 5.74) is -4.54. The molecule has 33 heavy (non-hydrogen) atoms. The monoisotopic (exact) mass is 496 g/mol. The Bertz CT molecular complexity index is 1100. The van der Waals surface area contributed by atoms with Crippen molar-refractivity contribution in [3.8, 4) is 0 Å². The third-order valence-corrected chi connectivity index (χ3v) is 7.72. The molecule has 1 aliphatic rings. The Morgan fingerprint density at radius 3 is 2.03 bits per heavy atom. The first kappa shape index (κ1) is 25.3. The van der Waals surface area contributed by atoms with Gasteiger partial charge in [0.15, 0.2) is 5.60 Å². The molecule has 0 radical (unpaired) electrons. The van der Waals surface area contributed by atoms with Crippen LogP contribution in [0.15, 0.2) is 53.4 Å². The Hall–Kier alpha value is -2.31. The minimum absolute atomic E-state index is 0.00245. The van der Waals surface area contributed by atoms with E-state index >= 15 is 0 Å². The molecule has 182 valence electrons. The number of nitrogens with zero attached hydrogens (tertiary/aromatic N) is 2. The van der Waals surface area contributed by atoms with Gasteiger partial charge < -0.3 is 10.0 Å². The molecule has 12 heteroatoms. The van der Waals surface area contributed by atoms with E-state index in [0.29, 0.717) is 6.92 Å². The van der Waals surface area contributed by atoms with E-state index in [9.17, 15) is 39.9 Å². The fourth-order valence-electron chi connectivity index (χ4n) is 3.76. The van der Waals surface area contributed by atoms with Crippen LogP contribution in [0.4, 0.5) is 32.0 Å². The van der Waals surface area contributed by atoms with Crippen molar-refractivity contribution in [2.45, 2.75) is 42.7 Å². The summed E-state index contributed by atoms with van der Waals surface area (Å²) >= 11 is 0. The maximum Gasteiger partial charge on any atom is 0.421 e. The molecular formula is C21H22F6N2O3S. The summed E-state index contributed by atoms with van der Waals surface area (Å²) in [6, 6.07) is 8.05. The van der Waals surface area contributed by atoms with Gasteiger partial charge in [-0.15, -0.1) is 0 Å². The van der Waals surface area contributed by atoms with E-state index in [1.54, 1.807) is 6.92 Å². The molecule has 5 nitrogen and oxygen atoms in total. The number of hydrogen-bond acceptors (Lipinski definition) is 4. The lowest BCUT2D eigenvalue weighted by molar-refractivity contribution is -0.258. The molecule has 0 saturated carbocycles. The van der Waals surface area contributed by atoms with Crippen LogP contribution < -0.4 is 4.90 Å². The van der Waals surface area contributed by atoms with Crippen LogP contribution in [-0.4, -0.2) is 49.7 Å². The zero-order chi connectivity index (χ0) is 24.8. The molecule has 0 bridgehead atoms. The highest BCUT2D eigenvalue weighted by molar-refractivity contribution is 7.89. The van der Waals surface area contributed by atoms with Crippen molar-refractivity contribution in [3.05, 3.63) is 59.7 Å². The molecule has 2 atom stereocenters. The van der Waals surface area contributed by atoms with Gasteiger partial charge in [0.05, 0.1) is 10.5 Å². The molecule has 1 N–H and O–H groups in total. The van der Waals surface area contributed by atoms with Crippen LogP contribution >= 0.6 is 0 Å². The van der Waals surface area contributed by atoms with Gasteiger partial charge in [0.2, 0.25) is 10.0 Å². The summed E-state index contributed by atoms with van der Waals surface area (Å²) in [6.07, 6.45) is -9.52. The molecule has 3 rings (SSSR count). The molecule has 1 aliphatic heterocycles. The van der Waals surface area contributed by atoms with Crippen molar-refractivity contribution in [1.29, 1.82) is 0 Å². The first-order valence-corrected chi connectivity index (χ1v) is 11.3. The Balaban J connectivity index is 1.82. The number of aliphatic hydroxyl groups is 1. The lowest BCUT2D eigenvalue weighted by Crippen LogP contribution is -2.54. The van der Waals surface area contributed by atoms with Gasteiger partial charge in [-0.2, -0.15) is 30.6 Å². The number of alkyl halides is 6. The average molecular weight is 496 g/mol. The smallest absolute Gasteiger partial charge is 0.376 e. The summed E-state index contributed by atoms with van der Waals surface area (Å²) in [5, 5.41) is 9.75. The number of benzene rings is 2. The van der Waals surface area contributed by atoms with Crippen LogP contribution in [-0.2, 0) is 21.8 Å². The van der Waals surface area contributed by atoms with Crippen molar-refractivity contribution in [3.63, 3.8) is 0 Å². The van der Waals surface area contributed by atoms with Crippen LogP contribution in [0.5, 0.6) is 0 Å². The van der Waals surface area contributed by atoms with E-state index in [2.05, 4.69) is 0 Å². The largest absolute Gasteiger partial charge is 0.421 e. The second kappa shape index (κ2) is 8.48. The van der Waals surface area contributed by atoms with Gasteiger partial charge in [-0.3, -0.25) is 0 Å². The second-order valence-corrected chi connectivity index (χ2v) is 9.91. The Kier molecular flexibility index (Phi) is 6.50. The second-order valence-electron chi connectivity index (χ2n) is 8.02. The van der Waals surface area contributed by atoms with Crippen molar-refractivity contribution in [2.75, 3.05) is 24.5 Å². The van der Waals surface area contributed by atoms with Gasteiger partial charge >= 0.3 is 12.4 Å². The number of halogens is 6. The molecule has 2 aromatic carbocycles. The molecule has 1 saturated heterocycles. The average Bonchev–Trinajstić information content (AvgIpc) is 2.72. The van der Waals surface area contributed by atoms with Crippen LogP contribution in [0.25, 0.3) is 0 Å². The minimum atomic E-state index is -4.95. The Morgan fingerprint density at radius 1 is 0.939 bits per heavy atom. The van der Waals surface area contributed by atoms with Crippen LogP contribution in [0, 0.1) is 0 Å². The molecule has 0 aromatic heterocycles. The van der Waals surface area contributed by atoms with Crippen LogP contribution in [0.3, 0.4) is 0 Å². The van der Waals surface area contributed by atoms with Gasteiger partial charge in [-0.25, -0.2) is 8.42 Å². The quantitative estimate of drug-likeness (QED) is 0.639. The number of sulfonamides is 1. The number of piperazine rings is 1. The zero-order valence-corrected chi connectivity index (χ0v) is 18.5. The maximum absolute atomic E-state index is 13.4. The van der Waals surface area contributed by atoms with E-state index in [1.807, 2.05) is 0 Å². The Labute approximate surface area is 187 Å². The van der Waals surface area contributed by atoms with E-state index in [0.717, 1.165) is 34.6 Å². The predicted molar refractivity (Wildman–Crippen MR) is 109 cm³/mol. The number of anilines is 1. The zero-order valence-electron chi connectivity index (χ0n) is 17.7. The molecule has 1 heterocycles. The molecule has 0 aliphatic carbocycles. The summed E-state index contributed by atoms with van der Waals surface area (Å²) in [7, 11) is -4.13. The van der Waals surface area contributed by atoms with Crippen molar-refractivity contribution in [1.82, 2.24) is 4.31 Å². The number of rotatable bonds is 4. The molecule has 0 amide bonds. The van der Waals surface area contributed by atoms with Crippen molar-refractivity contribution >= 4 is 15.7 Å². The highest BCUT2D eigenvalue weighted by Crippen LogP contribution is 2.39. The topological polar surface area (TPSA) is 60.9 Å². The lowest BCUT2D eigenvalue weighted by Gasteiger charge is -2.40. The molecule has 0 unspecified atom stereocenters. The number of hydrogen-bond donors (Lipinski definition) is 1. The van der Waals surface area contributed by atoms with Gasteiger partial charge in [-0.05, 0) is 43.7 Å². The SMILES string of the molecule is C[C@@H]1CN(c2ccccc2C(F)(F)F)CCN1S(=O)(=O)c1ccc([C@](C)(O)C(F)(F)F)cc1. The van der Waals surface area contributed by atoms with Gasteiger partial charge in [0.25, 0.3) is 0 Å². The minimum Gasteiger partial charge on any atom is -0.376 e. The van der Waals surface area contributed by atoms with E-state index in [-0.39, 0.29) is 30.2 Å². The molecule has 1 fully saturated rings. The van der Waals surface area contributed by atoms with Crippen LogP contribution in [0.1, 0.15) is 25.0 Å². The maximum atomic E-state index is 13.4. The first-order valence-electron chi connectivity index (χ1n) is 9.89. The van der Waals surface area contributed by atoms with Gasteiger partial charge in [-0.1, -0.05) is 24.3 Å².